The van der Waals surface area contributed by atoms with Crippen molar-refractivity contribution >= 4 is 11.8 Å². The lowest BCUT2D eigenvalue weighted by Crippen LogP contribution is -2.56. The van der Waals surface area contributed by atoms with E-state index in [0.29, 0.717) is 51.2 Å². The fourth-order valence-corrected chi connectivity index (χ4v) is 5.34. The zero-order valence-electron chi connectivity index (χ0n) is 22.2. The number of likely N-dealkylation sites (tertiary alicyclic amines) is 1. The van der Waals surface area contributed by atoms with Gasteiger partial charge in [-0.3, -0.25) is 19.2 Å². The van der Waals surface area contributed by atoms with E-state index in [1.54, 1.807) is 4.68 Å². The average molecular weight is 520 g/mol. The summed E-state index contributed by atoms with van der Waals surface area (Å²) in [6, 6.07) is 11.2. The van der Waals surface area contributed by atoms with Crippen LogP contribution in [0.25, 0.3) is 0 Å². The number of nitrogens with one attached hydrogen (secondary N) is 2. The molecule has 202 valence electrons. The number of aryl methyl sites for hydroxylation is 1. The lowest BCUT2D eigenvalue weighted by Gasteiger charge is -2.40. The number of aromatic nitrogens is 4. The van der Waals surface area contributed by atoms with Gasteiger partial charge in [0.15, 0.2) is 5.76 Å². The van der Waals surface area contributed by atoms with Crippen LogP contribution in [0.15, 0.2) is 47.1 Å². The molecule has 5 rings (SSSR count). The molecule has 4 heterocycles. The zero-order valence-corrected chi connectivity index (χ0v) is 22.2. The highest BCUT2D eigenvalue weighted by atomic mass is 16.5. The van der Waals surface area contributed by atoms with Crippen LogP contribution in [0.5, 0.6) is 0 Å². The first-order chi connectivity index (χ1) is 18.4. The molecule has 0 unspecified atom stereocenters. The average Bonchev–Trinajstić information content (AvgIpc) is 3.57. The van der Waals surface area contributed by atoms with Gasteiger partial charge in [-0.15, -0.1) is 5.10 Å². The summed E-state index contributed by atoms with van der Waals surface area (Å²) in [4.78, 5) is 29.5. The van der Waals surface area contributed by atoms with Gasteiger partial charge in [0.2, 0.25) is 11.8 Å². The number of hydrogen-bond donors (Lipinski definition) is 2. The molecule has 2 amide bonds. The van der Waals surface area contributed by atoms with E-state index < -0.39 is 11.5 Å². The molecule has 1 spiro atoms. The molecular weight excluding hydrogens is 482 g/mol. The van der Waals surface area contributed by atoms with Crippen LogP contribution >= 0.6 is 0 Å². The van der Waals surface area contributed by atoms with Crippen molar-refractivity contribution in [1.82, 2.24) is 35.7 Å². The number of benzene rings is 1. The van der Waals surface area contributed by atoms with Crippen molar-refractivity contribution in [3.63, 3.8) is 0 Å². The van der Waals surface area contributed by atoms with Crippen molar-refractivity contribution < 1.29 is 14.1 Å². The molecule has 2 N–H and O–H groups in total. The highest BCUT2D eigenvalue weighted by Gasteiger charge is 2.43. The quantitative estimate of drug-likeness (QED) is 0.532. The van der Waals surface area contributed by atoms with Crippen LogP contribution < -0.4 is 10.6 Å². The molecule has 1 atom stereocenters. The maximum atomic E-state index is 14.0. The Balaban J connectivity index is 1.35. The van der Waals surface area contributed by atoms with Crippen molar-refractivity contribution in [1.29, 1.82) is 0 Å². The van der Waals surface area contributed by atoms with Crippen molar-refractivity contribution in [2.24, 2.45) is 5.41 Å². The van der Waals surface area contributed by atoms with Crippen molar-refractivity contribution in [3.05, 3.63) is 65.3 Å². The number of hydrogen-bond acceptors (Lipinski definition) is 7. The predicted molar refractivity (Wildman–Crippen MR) is 141 cm³/mol. The van der Waals surface area contributed by atoms with Crippen molar-refractivity contribution in [3.8, 4) is 0 Å². The van der Waals surface area contributed by atoms with Crippen molar-refractivity contribution in [2.75, 3.05) is 19.6 Å². The van der Waals surface area contributed by atoms with E-state index in [-0.39, 0.29) is 11.8 Å². The molecule has 10 heteroatoms. The standard InChI is InChI=1S/C28H37N7O3/c1-20(2)24-16-23(38-32-24)19-34-13-9-28(10-14-34)17-22-18-35(33-31-22)12-6-11-29-26(36)25(30-27(28)37)15-21-7-4-3-5-8-21/h3-5,7-8,16,18,20,25H,6,9-15,17,19H2,1-2H3,(H,29,36)(H,30,37)/t25-/m0/s1. The van der Waals surface area contributed by atoms with Gasteiger partial charge in [0.1, 0.15) is 6.04 Å². The largest absolute Gasteiger partial charge is 0.360 e. The van der Waals surface area contributed by atoms with Gasteiger partial charge in [-0.1, -0.05) is 54.5 Å². The fourth-order valence-electron chi connectivity index (χ4n) is 5.34. The van der Waals surface area contributed by atoms with E-state index >= 15 is 0 Å². The predicted octanol–water partition coefficient (Wildman–Crippen LogP) is 2.46. The first-order valence-corrected chi connectivity index (χ1v) is 13.6. The van der Waals surface area contributed by atoms with Gasteiger partial charge in [0.25, 0.3) is 0 Å². The number of amides is 2. The minimum Gasteiger partial charge on any atom is -0.360 e. The Hall–Kier alpha value is -3.53. The van der Waals surface area contributed by atoms with Crippen LogP contribution in [0.2, 0.25) is 0 Å². The summed E-state index contributed by atoms with van der Waals surface area (Å²) in [6.07, 6.45) is 4.91. The van der Waals surface area contributed by atoms with E-state index in [2.05, 4.69) is 44.8 Å². The van der Waals surface area contributed by atoms with Gasteiger partial charge in [-0.2, -0.15) is 0 Å². The number of nitrogens with zero attached hydrogens (tertiary/aromatic N) is 5. The molecule has 38 heavy (non-hydrogen) atoms. The summed E-state index contributed by atoms with van der Waals surface area (Å²) in [5.74, 6) is 0.907. The molecule has 0 aliphatic carbocycles. The number of carbonyl (C=O) groups is 2. The van der Waals surface area contributed by atoms with Crippen LogP contribution in [0.4, 0.5) is 0 Å². The monoisotopic (exact) mass is 519 g/mol. The Kier molecular flexibility index (Phi) is 7.87. The highest BCUT2D eigenvalue weighted by molar-refractivity contribution is 5.90. The van der Waals surface area contributed by atoms with Crippen molar-refractivity contribution in [2.45, 2.75) is 71.0 Å². The normalized spacial score (nSPS) is 20.9. The van der Waals surface area contributed by atoms with Gasteiger partial charge < -0.3 is 15.2 Å². The number of rotatable bonds is 5. The Bertz CT molecular complexity index is 1230. The Morgan fingerprint density at radius 2 is 1.92 bits per heavy atom. The van der Waals surface area contributed by atoms with Crippen LogP contribution in [0, 0.1) is 5.41 Å². The lowest BCUT2D eigenvalue weighted by molar-refractivity contribution is -0.138. The summed E-state index contributed by atoms with van der Waals surface area (Å²) in [5.41, 5.74) is 2.10. The van der Waals surface area contributed by atoms with E-state index in [1.165, 1.54) is 0 Å². The molecule has 2 aromatic heterocycles. The molecule has 2 aliphatic heterocycles. The molecule has 1 saturated heterocycles. The summed E-state index contributed by atoms with van der Waals surface area (Å²) in [5, 5.41) is 19.0. The second kappa shape index (κ2) is 11.5. The smallest absolute Gasteiger partial charge is 0.242 e. The second-order valence-corrected chi connectivity index (χ2v) is 10.9. The molecule has 3 aromatic rings. The summed E-state index contributed by atoms with van der Waals surface area (Å²) < 4.78 is 7.36. The highest BCUT2D eigenvalue weighted by Crippen LogP contribution is 2.36. The van der Waals surface area contributed by atoms with Gasteiger partial charge >= 0.3 is 0 Å². The second-order valence-electron chi connectivity index (χ2n) is 10.9. The number of carbonyl (C=O) groups excluding carboxylic acids is 2. The summed E-state index contributed by atoms with van der Waals surface area (Å²) in [6.45, 7) is 7.48. The first kappa shape index (κ1) is 26.1. The molecule has 0 saturated carbocycles. The van der Waals surface area contributed by atoms with Gasteiger partial charge in [0, 0.05) is 38.2 Å². The maximum Gasteiger partial charge on any atom is 0.242 e. The fraction of sp³-hybridized carbons (Fsp3) is 0.536. The first-order valence-electron chi connectivity index (χ1n) is 13.6. The molecule has 2 bridgehead atoms. The van der Waals surface area contributed by atoms with E-state index in [0.717, 1.165) is 42.2 Å². The summed E-state index contributed by atoms with van der Waals surface area (Å²) in [7, 11) is 0. The van der Waals surface area contributed by atoms with E-state index in [4.69, 9.17) is 4.52 Å². The molecule has 2 aliphatic rings. The summed E-state index contributed by atoms with van der Waals surface area (Å²) >= 11 is 0. The van der Waals surface area contributed by atoms with E-state index in [1.807, 2.05) is 42.6 Å². The molecule has 1 fully saturated rings. The van der Waals surface area contributed by atoms with E-state index in [9.17, 15) is 9.59 Å². The number of piperidine rings is 1. The van der Waals surface area contributed by atoms with Gasteiger partial charge in [-0.25, -0.2) is 0 Å². The molecule has 0 radical (unpaired) electrons. The number of fused-ring (bicyclic) bond motifs is 2. The third-order valence-corrected chi connectivity index (χ3v) is 7.72. The molecule has 1 aromatic carbocycles. The third-order valence-electron chi connectivity index (χ3n) is 7.72. The topological polar surface area (TPSA) is 118 Å². The van der Waals surface area contributed by atoms with Gasteiger partial charge in [-0.05, 0) is 43.8 Å². The minimum absolute atomic E-state index is 0.0937. The minimum atomic E-state index is -0.675. The van der Waals surface area contributed by atoms with Crippen LogP contribution in [0.3, 0.4) is 0 Å². The van der Waals surface area contributed by atoms with Crippen LogP contribution in [-0.2, 0) is 35.5 Å². The third kappa shape index (κ3) is 6.12. The van der Waals surface area contributed by atoms with Gasteiger partial charge in [0.05, 0.1) is 23.3 Å². The Morgan fingerprint density at radius 1 is 1.13 bits per heavy atom. The Labute approximate surface area is 223 Å². The Morgan fingerprint density at radius 3 is 2.66 bits per heavy atom. The molecular formula is C28H37N7O3. The SMILES string of the molecule is CC(C)c1cc(CN2CCC3(CC2)Cc2cn(nn2)CCCNC(=O)[C@H](Cc2ccccc2)NC3=O)on1. The maximum absolute atomic E-state index is 14.0. The molecule has 10 nitrogen and oxygen atoms in total. The van der Waals surface area contributed by atoms with Crippen LogP contribution in [-0.4, -0.2) is 62.5 Å². The zero-order chi connectivity index (χ0) is 26.5. The van der Waals surface area contributed by atoms with Crippen LogP contribution in [0.1, 0.15) is 61.7 Å². The lowest BCUT2D eigenvalue weighted by atomic mass is 9.73.